The number of carboxylic acids is 1. The molecule has 0 radical (unpaired) electrons. The van der Waals surface area contributed by atoms with Gasteiger partial charge in [-0.25, -0.2) is 14.6 Å². The van der Waals surface area contributed by atoms with Gasteiger partial charge in [-0.1, -0.05) is 0 Å². The smallest absolute Gasteiger partial charge is 0.412 e. The number of nitrogens with one attached hydrogen (secondary N) is 2. The summed E-state index contributed by atoms with van der Waals surface area (Å²) < 4.78 is 18.8. The van der Waals surface area contributed by atoms with E-state index in [1.54, 1.807) is 0 Å². The van der Waals surface area contributed by atoms with E-state index in [0.717, 1.165) is 32.0 Å². The lowest BCUT2D eigenvalue weighted by Crippen LogP contribution is -2.45. The zero-order valence-corrected chi connectivity index (χ0v) is 16.8. The minimum absolute atomic E-state index is 0.0591. The fourth-order valence-electron chi connectivity index (χ4n) is 2.79. The fraction of sp³-hybridized carbons (Fsp3) is 0.368. The van der Waals surface area contributed by atoms with Crippen molar-refractivity contribution in [2.75, 3.05) is 19.6 Å². The first-order chi connectivity index (χ1) is 14.4. The van der Waals surface area contributed by atoms with Crippen LogP contribution in [0.4, 0.5) is 9.18 Å². The number of hydrogen-bond acceptors (Lipinski definition) is 7. The van der Waals surface area contributed by atoms with Crippen molar-refractivity contribution in [2.24, 2.45) is 4.99 Å². The van der Waals surface area contributed by atoms with Crippen molar-refractivity contribution in [3.8, 4) is 5.75 Å². The van der Waals surface area contributed by atoms with Crippen LogP contribution in [0.2, 0.25) is 0 Å². The molecule has 0 spiro atoms. The summed E-state index contributed by atoms with van der Waals surface area (Å²) in [5.74, 6) is -2.05. The number of ether oxygens (including phenoxy) is 1. The molecule has 2 amide bonds. The van der Waals surface area contributed by atoms with Gasteiger partial charge in [0.25, 0.3) is 5.91 Å². The van der Waals surface area contributed by atoms with E-state index in [1.807, 2.05) is 5.01 Å². The van der Waals surface area contributed by atoms with Crippen LogP contribution in [-0.4, -0.2) is 52.9 Å². The maximum absolute atomic E-state index is 13.7. The number of hydrogen-bond donors (Lipinski definition) is 3. The van der Waals surface area contributed by atoms with Crippen molar-refractivity contribution < 1.29 is 28.6 Å². The van der Waals surface area contributed by atoms with Crippen LogP contribution >= 0.6 is 11.8 Å². The van der Waals surface area contributed by atoms with E-state index in [4.69, 9.17) is 9.84 Å². The summed E-state index contributed by atoms with van der Waals surface area (Å²) in [5, 5.41) is 13.4. The molecule has 9 nitrogen and oxygen atoms in total. The number of rotatable bonds is 6. The molecule has 0 unspecified atom stereocenters. The minimum atomic E-state index is -0.968. The van der Waals surface area contributed by atoms with Crippen LogP contribution in [0.3, 0.4) is 0 Å². The highest BCUT2D eigenvalue weighted by Crippen LogP contribution is 2.32. The molecule has 2 aliphatic rings. The van der Waals surface area contributed by atoms with E-state index in [-0.39, 0.29) is 25.1 Å². The van der Waals surface area contributed by atoms with Gasteiger partial charge in [-0.3, -0.25) is 14.6 Å². The number of aliphatic imine (C=N–C) groups is 1. The molecule has 2 heterocycles. The van der Waals surface area contributed by atoms with Crippen LogP contribution in [0, 0.1) is 5.82 Å². The van der Waals surface area contributed by atoms with Gasteiger partial charge in [-0.05, 0) is 49.2 Å². The Hall–Kier alpha value is -2.92. The summed E-state index contributed by atoms with van der Waals surface area (Å²) in [6, 6.07) is 3.64. The molecule has 1 saturated heterocycles. The quantitative estimate of drug-likeness (QED) is 0.459. The van der Waals surface area contributed by atoms with Crippen molar-refractivity contribution in [2.45, 2.75) is 25.7 Å². The number of aliphatic carboxylic acids is 1. The van der Waals surface area contributed by atoms with Crippen molar-refractivity contribution in [1.29, 1.82) is 0 Å². The third kappa shape index (κ3) is 6.04. The van der Waals surface area contributed by atoms with Crippen LogP contribution in [0.25, 0.3) is 6.08 Å². The summed E-state index contributed by atoms with van der Waals surface area (Å²) in [7, 11) is 0. The fourth-order valence-corrected chi connectivity index (χ4v) is 3.70. The van der Waals surface area contributed by atoms with Gasteiger partial charge in [-0.2, -0.15) is 4.99 Å². The monoisotopic (exact) mass is 436 g/mol. The number of nitrogens with zero attached hydrogens (tertiary/aromatic N) is 2. The first kappa shape index (κ1) is 21.8. The van der Waals surface area contributed by atoms with Crippen molar-refractivity contribution >= 4 is 41.0 Å². The highest BCUT2D eigenvalue weighted by atomic mass is 32.2. The summed E-state index contributed by atoms with van der Waals surface area (Å²) >= 11 is 1.19. The number of carbonyl (C=O) groups excluding carboxylic acids is 2. The van der Waals surface area contributed by atoms with E-state index < -0.39 is 23.8 Å². The number of hydrazine groups is 1. The average Bonchev–Trinajstić information content (AvgIpc) is 3.08. The van der Waals surface area contributed by atoms with Gasteiger partial charge in [0.15, 0.2) is 5.17 Å². The summed E-state index contributed by atoms with van der Waals surface area (Å²) in [5.41, 5.74) is 3.52. The molecule has 160 valence electrons. The number of carbonyl (C=O) groups is 3. The van der Waals surface area contributed by atoms with Crippen LogP contribution in [0.15, 0.2) is 28.1 Å². The van der Waals surface area contributed by atoms with Gasteiger partial charge in [-0.15, -0.1) is 0 Å². The molecule has 1 fully saturated rings. The molecule has 0 aromatic heterocycles. The zero-order valence-electron chi connectivity index (χ0n) is 16.0. The summed E-state index contributed by atoms with van der Waals surface area (Å²) in [6.45, 7) is 1.66. The van der Waals surface area contributed by atoms with Crippen LogP contribution in [0.5, 0.6) is 5.75 Å². The number of amidine groups is 1. The third-order valence-electron chi connectivity index (χ3n) is 4.25. The second-order valence-corrected chi connectivity index (χ2v) is 7.58. The molecule has 1 aromatic carbocycles. The highest BCUT2D eigenvalue weighted by Gasteiger charge is 2.27. The molecule has 0 bridgehead atoms. The molecule has 0 saturated carbocycles. The molecule has 30 heavy (non-hydrogen) atoms. The Bertz CT molecular complexity index is 899. The second kappa shape index (κ2) is 10.2. The summed E-state index contributed by atoms with van der Waals surface area (Å²) in [4.78, 5) is 39.1. The SMILES string of the molecule is O=C(O)CCCNC(=O)Oc1cc(F)ccc1C=C1SC(N2CCCCN2)=NC1=O. The minimum Gasteiger partial charge on any atom is -0.481 e. The van der Waals surface area contributed by atoms with Gasteiger partial charge in [0, 0.05) is 37.7 Å². The molecule has 3 N–H and O–H groups in total. The number of amides is 2. The Morgan fingerprint density at radius 3 is 2.97 bits per heavy atom. The lowest BCUT2D eigenvalue weighted by molar-refractivity contribution is -0.137. The molecular formula is C19H21FN4O5S. The topological polar surface area (TPSA) is 120 Å². The Kier molecular flexibility index (Phi) is 7.41. The molecule has 0 atom stereocenters. The van der Waals surface area contributed by atoms with Gasteiger partial charge in [0.1, 0.15) is 11.6 Å². The van der Waals surface area contributed by atoms with E-state index in [9.17, 15) is 18.8 Å². The zero-order chi connectivity index (χ0) is 21.5. The molecule has 2 aliphatic heterocycles. The van der Waals surface area contributed by atoms with Gasteiger partial charge in [0.05, 0.1) is 4.91 Å². The predicted molar refractivity (Wildman–Crippen MR) is 109 cm³/mol. The lowest BCUT2D eigenvalue weighted by Gasteiger charge is -2.28. The standard InChI is InChI=1S/C19H21FN4O5S/c20-13-6-5-12(14(11-13)29-19(28)21-7-3-4-16(25)26)10-15-17(27)23-18(30-15)24-9-2-1-8-22-24/h5-6,10-11,22H,1-4,7-9H2,(H,21,28)(H,25,26). The Labute approximate surface area is 176 Å². The van der Waals surface area contributed by atoms with E-state index >= 15 is 0 Å². The molecule has 1 aromatic rings. The molecule has 3 rings (SSSR count). The maximum Gasteiger partial charge on any atom is 0.412 e. The first-order valence-corrected chi connectivity index (χ1v) is 10.2. The maximum atomic E-state index is 13.7. The van der Waals surface area contributed by atoms with Crippen LogP contribution in [-0.2, 0) is 9.59 Å². The van der Waals surface area contributed by atoms with E-state index in [0.29, 0.717) is 15.6 Å². The van der Waals surface area contributed by atoms with Crippen molar-refractivity contribution in [1.82, 2.24) is 15.8 Å². The van der Waals surface area contributed by atoms with E-state index in [1.165, 1.54) is 30.0 Å². The molecular weight excluding hydrogens is 415 g/mol. The number of carboxylic acid groups (broad SMARTS) is 1. The Morgan fingerprint density at radius 1 is 1.40 bits per heavy atom. The van der Waals surface area contributed by atoms with E-state index in [2.05, 4.69) is 15.7 Å². The van der Waals surface area contributed by atoms with Gasteiger partial charge >= 0.3 is 12.1 Å². The molecule has 11 heteroatoms. The van der Waals surface area contributed by atoms with Crippen molar-refractivity contribution in [3.05, 3.63) is 34.5 Å². The van der Waals surface area contributed by atoms with Crippen molar-refractivity contribution in [3.63, 3.8) is 0 Å². The first-order valence-electron chi connectivity index (χ1n) is 9.43. The normalized spacial score (nSPS) is 17.8. The predicted octanol–water partition coefficient (Wildman–Crippen LogP) is 2.35. The van der Waals surface area contributed by atoms with Crippen LogP contribution in [0.1, 0.15) is 31.2 Å². The molecule has 0 aliphatic carbocycles. The number of benzene rings is 1. The average molecular weight is 436 g/mol. The Balaban J connectivity index is 1.67. The third-order valence-corrected chi connectivity index (χ3v) is 5.26. The number of halogens is 1. The highest BCUT2D eigenvalue weighted by molar-refractivity contribution is 8.18. The lowest BCUT2D eigenvalue weighted by atomic mass is 10.2. The van der Waals surface area contributed by atoms with Gasteiger partial charge < -0.3 is 15.2 Å². The summed E-state index contributed by atoms with van der Waals surface area (Å²) in [6.07, 6.45) is 2.85. The largest absolute Gasteiger partial charge is 0.481 e. The second-order valence-electron chi connectivity index (χ2n) is 6.57. The van der Waals surface area contributed by atoms with Crippen LogP contribution < -0.4 is 15.5 Å². The van der Waals surface area contributed by atoms with Gasteiger partial charge in [0.2, 0.25) is 0 Å². The number of thioether (sulfide) groups is 1. The Morgan fingerprint density at radius 2 is 2.23 bits per heavy atom.